The highest BCUT2D eigenvalue weighted by molar-refractivity contribution is 7.20. The lowest BCUT2D eigenvalue weighted by atomic mass is 10.2. The standard InChI is InChI=1S/C16H16ClN3S/c1-3-5-8-12(4-2)11-19-16-20-14(15(17)21-16)13-9-6-7-10-18-13/h3-10H,2,11H2,1H3,(H,19,20)/b5-3-,12-8+. The molecule has 0 bridgehead atoms. The minimum Gasteiger partial charge on any atom is -0.357 e. The summed E-state index contributed by atoms with van der Waals surface area (Å²) in [5, 5.41) is 4.03. The van der Waals surface area contributed by atoms with E-state index in [0.717, 1.165) is 16.4 Å². The van der Waals surface area contributed by atoms with Crippen LogP contribution in [-0.4, -0.2) is 16.5 Å². The molecule has 0 radical (unpaired) electrons. The second-order valence-electron chi connectivity index (χ2n) is 4.18. The number of nitrogens with one attached hydrogen (secondary N) is 1. The molecule has 0 aliphatic heterocycles. The van der Waals surface area contributed by atoms with Gasteiger partial charge in [0.1, 0.15) is 10.0 Å². The van der Waals surface area contributed by atoms with Gasteiger partial charge in [-0.15, -0.1) is 0 Å². The summed E-state index contributed by atoms with van der Waals surface area (Å²) in [7, 11) is 0. The van der Waals surface area contributed by atoms with Gasteiger partial charge in [-0.1, -0.05) is 59.9 Å². The van der Waals surface area contributed by atoms with E-state index in [4.69, 9.17) is 11.6 Å². The van der Waals surface area contributed by atoms with Gasteiger partial charge in [0.25, 0.3) is 0 Å². The van der Waals surface area contributed by atoms with Crippen molar-refractivity contribution in [2.45, 2.75) is 6.92 Å². The normalized spacial score (nSPS) is 11.8. The first kappa shape index (κ1) is 15.5. The van der Waals surface area contributed by atoms with E-state index in [1.165, 1.54) is 11.3 Å². The summed E-state index contributed by atoms with van der Waals surface area (Å²) in [6.45, 7) is 6.43. The van der Waals surface area contributed by atoms with E-state index in [1.807, 2.05) is 49.4 Å². The molecule has 0 spiro atoms. The van der Waals surface area contributed by atoms with Crippen LogP contribution < -0.4 is 5.32 Å². The minimum absolute atomic E-state index is 0.633. The van der Waals surface area contributed by atoms with E-state index in [9.17, 15) is 0 Å². The van der Waals surface area contributed by atoms with Gasteiger partial charge < -0.3 is 5.32 Å². The smallest absolute Gasteiger partial charge is 0.185 e. The molecular formula is C16H16ClN3S. The zero-order chi connectivity index (χ0) is 15.1. The number of nitrogens with zero attached hydrogens (tertiary/aromatic N) is 2. The Morgan fingerprint density at radius 2 is 2.33 bits per heavy atom. The maximum Gasteiger partial charge on any atom is 0.185 e. The fraction of sp³-hybridized carbons (Fsp3) is 0.125. The van der Waals surface area contributed by atoms with Crippen molar-refractivity contribution in [3.05, 3.63) is 65.2 Å². The number of pyridine rings is 1. The Balaban J connectivity index is 2.11. The summed E-state index contributed by atoms with van der Waals surface area (Å²) in [4.78, 5) is 8.77. The van der Waals surface area contributed by atoms with E-state index in [-0.39, 0.29) is 0 Å². The largest absolute Gasteiger partial charge is 0.357 e. The predicted molar refractivity (Wildman–Crippen MR) is 91.9 cm³/mol. The van der Waals surface area contributed by atoms with Gasteiger partial charge in [-0.3, -0.25) is 4.98 Å². The summed E-state index contributed by atoms with van der Waals surface area (Å²) in [6, 6.07) is 5.68. The lowest BCUT2D eigenvalue weighted by Gasteiger charge is -2.02. The summed E-state index contributed by atoms with van der Waals surface area (Å²) >= 11 is 7.65. The summed E-state index contributed by atoms with van der Waals surface area (Å²) in [5.41, 5.74) is 2.57. The molecular weight excluding hydrogens is 302 g/mol. The molecule has 2 rings (SSSR count). The molecule has 5 heteroatoms. The van der Waals surface area contributed by atoms with Gasteiger partial charge in [-0.05, 0) is 24.6 Å². The summed E-state index contributed by atoms with van der Waals surface area (Å²) < 4.78 is 0.633. The predicted octanol–water partition coefficient (Wildman–Crippen LogP) is 4.96. The van der Waals surface area contributed by atoms with Crippen LogP contribution >= 0.6 is 22.9 Å². The van der Waals surface area contributed by atoms with Gasteiger partial charge in [0.15, 0.2) is 5.13 Å². The average molecular weight is 318 g/mol. The van der Waals surface area contributed by atoms with Gasteiger partial charge in [-0.25, -0.2) is 4.98 Å². The Morgan fingerprint density at radius 1 is 1.48 bits per heavy atom. The molecule has 2 aromatic heterocycles. The van der Waals surface area contributed by atoms with Gasteiger partial charge in [0, 0.05) is 12.7 Å². The number of anilines is 1. The third kappa shape index (κ3) is 4.28. The Kier molecular flexibility index (Phi) is 5.72. The molecule has 0 saturated heterocycles. The molecule has 0 amide bonds. The van der Waals surface area contributed by atoms with E-state index in [2.05, 4.69) is 21.9 Å². The summed E-state index contributed by atoms with van der Waals surface area (Å²) in [5.74, 6) is 0. The van der Waals surface area contributed by atoms with Crippen LogP contribution in [0.25, 0.3) is 11.4 Å². The Morgan fingerprint density at radius 3 is 3.00 bits per heavy atom. The first-order chi connectivity index (χ1) is 10.2. The highest BCUT2D eigenvalue weighted by atomic mass is 35.5. The number of hydrogen-bond acceptors (Lipinski definition) is 4. The molecule has 3 nitrogen and oxygen atoms in total. The van der Waals surface area contributed by atoms with Crippen molar-refractivity contribution in [3.8, 4) is 11.4 Å². The lowest BCUT2D eigenvalue weighted by molar-refractivity contribution is 1.22. The number of aromatic nitrogens is 2. The number of allylic oxidation sites excluding steroid dienone is 3. The average Bonchev–Trinajstić information content (AvgIpc) is 2.89. The van der Waals surface area contributed by atoms with E-state index >= 15 is 0 Å². The zero-order valence-corrected chi connectivity index (χ0v) is 13.3. The van der Waals surface area contributed by atoms with Crippen LogP contribution in [0.4, 0.5) is 5.13 Å². The van der Waals surface area contributed by atoms with Crippen molar-refractivity contribution in [2.24, 2.45) is 0 Å². The zero-order valence-electron chi connectivity index (χ0n) is 11.7. The van der Waals surface area contributed by atoms with Crippen LogP contribution in [0.1, 0.15) is 6.92 Å². The fourth-order valence-electron chi connectivity index (χ4n) is 1.63. The SMILES string of the molecule is C=C/C(=C\C=C/C)CNc1nc(-c2ccccn2)c(Cl)s1. The number of hydrogen-bond donors (Lipinski definition) is 1. The molecule has 0 fully saturated rings. The Labute approximate surface area is 133 Å². The van der Waals surface area contributed by atoms with Crippen LogP contribution in [0, 0.1) is 0 Å². The van der Waals surface area contributed by atoms with Crippen LogP contribution in [0.3, 0.4) is 0 Å². The first-order valence-corrected chi connectivity index (χ1v) is 7.70. The van der Waals surface area contributed by atoms with Crippen molar-refractivity contribution in [3.63, 3.8) is 0 Å². The number of halogens is 1. The molecule has 0 aromatic carbocycles. The molecule has 1 N–H and O–H groups in total. The van der Waals surface area contributed by atoms with Gasteiger partial charge in [0.2, 0.25) is 0 Å². The lowest BCUT2D eigenvalue weighted by Crippen LogP contribution is -2.02. The molecule has 21 heavy (non-hydrogen) atoms. The molecule has 108 valence electrons. The monoisotopic (exact) mass is 317 g/mol. The fourth-order valence-corrected chi connectivity index (χ4v) is 2.69. The molecule has 0 saturated carbocycles. The maximum atomic E-state index is 6.24. The first-order valence-electron chi connectivity index (χ1n) is 6.50. The highest BCUT2D eigenvalue weighted by Gasteiger charge is 2.11. The van der Waals surface area contributed by atoms with Crippen molar-refractivity contribution < 1.29 is 0 Å². The molecule has 2 aromatic rings. The highest BCUT2D eigenvalue weighted by Crippen LogP contribution is 2.34. The second kappa shape index (κ2) is 7.76. The van der Waals surface area contributed by atoms with Crippen molar-refractivity contribution in [1.82, 2.24) is 9.97 Å². The maximum absolute atomic E-state index is 6.24. The van der Waals surface area contributed by atoms with Crippen molar-refractivity contribution >= 4 is 28.1 Å². The molecule has 0 unspecified atom stereocenters. The molecule has 0 atom stereocenters. The van der Waals surface area contributed by atoms with E-state index < -0.39 is 0 Å². The second-order valence-corrected chi connectivity index (χ2v) is 5.78. The van der Waals surface area contributed by atoms with E-state index in [1.54, 1.807) is 6.20 Å². The van der Waals surface area contributed by atoms with Crippen LogP contribution in [0.5, 0.6) is 0 Å². The molecule has 2 heterocycles. The third-order valence-corrected chi connectivity index (χ3v) is 3.91. The number of thiazole rings is 1. The van der Waals surface area contributed by atoms with Gasteiger partial charge >= 0.3 is 0 Å². The van der Waals surface area contributed by atoms with Gasteiger partial charge in [-0.2, -0.15) is 0 Å². The summed E-state index contributed by atoms with van der Waals surface area (Å²) in [6.07, 6.45) is 9.51. The quantitative estimate of drug-likeness (QED) is 0.765. The minimum atomic E-state index is 0.633. The van der Waals surface area contributed by atoms with Crippen molar-refractivity contribution in [2.75, 3.05) is 11.9 Å². The Hall–Kier alpha value is -1.91. The molecule has 0 aliphatic rings. The number of rotatable bonds is 6. The van der Waals surface area contributed by atoms with Crippen LogP contribution in [0.15, 0.2) is 60.9 Å². The topological polar surface area (TPSA) is 37.8 Å². The van der Waals surface area contributed by atoms with Gasteiger partial charge in [0.05, 0.1) is 5.69 Å². The van der Waals surface area contributed by atoms with Crippen LogP contribution in [0.2, 0.25) is 4.34 Å². The van der Waals surface area contributed by atoms with Crippen molar-refractivity contribution in [1.29, 1.82) is 0 Å². The van der Waals surface area contributed by atoms with E-state index in [0.29, 0.717) is 16.6 Å². The third-order valence-electron chi connectivity index (χ3n) is 2.70. The molecule has 0 aliphatic carbocycles. The Bertz CT molecular complexity index is 659. The van der Waals surface area contributed by atoms with Crippen LogP contribution in [-0.2, 0) is 0 Å².